The van der Waals surface area contributed by atoms with Crippen LogP contribution >= 0.6 is 11.6 Å². The van der Waals surface area contributed by atoms with Crippen LogP contribution in [-0.2, 0) is 0 Å². The van der Waals surface area contributed by atoms with Crippen molar-refractivity contribution in [3.63, 3.8) is 0 Å². The third-order valence-electron chi connectivity index (χ3n) is 2.00. The third-order valence-corrected chi connectivity index (χ3v) is 2.31. The second-order valence-electron chi connectivity index (χ2n) is 2.91. The van der Waals surface area contributed by atoms with Gasteiger partial charge in [-0.1, -0.05) is 23.7 Å². The second-order valence-corrected chi connectivity index (χ2v) is 3.32. The number of nitrogens with zero attached hydrogens (tertiary/aromatic N) is 1. The van der Waals surface area contributed by atoms with E-state index in [9.17, 15) is 0 Å². The molecular weight excluding hydrogens is 198 g/mol. The van der Waals surface area contributed by atoms with Crippen molar-refractivity contribution in [2.24, 2.45) is 5.73 Å². The molecule has 0 spiro atoms. The summed E-state index contributed by atoms with van der Waals surface area (Å²) in [6, 6.07) is 7.37. The number of benzene rings is 1. The van der Waals surface area contributed by atoms with E-state index in [1.807, 2.05) is 18.2 Å². The van der Waals surface area contributed by atoms with Crippen LogP contribution in [0.5, 0.6) is 0 Å². The largest absolute Gasteiger partial charge is 0.382 e. The number of pyridine rings is 1. The fourth-order valence-corrected chi connectivity index (χ4v) is 1.66. The van der Waals surface area contributed by atoms with Crippen LogP contribution in [0.1, 0.15) is 5.69 Å². The molecule has 0 aliphatic heterocycles. The van der Waals surface area contributed by atoms with Crippen molar-refractivity contribution in [2.75, 3.05) is 0 Å². The molecule has 0 saturated carbocycles. The second kappa shape index (κ2) is 3.27. The first kappa shape index (κ1) is 8.97. The van der Waals surface area contributed by atoms with Gasteiger partial charge in [-0.15, -0.1) is 0 Å². The molecule has 0 aliphatic carbocycles. The van der Waals surface area contributed by atoms with Crippen LogP contribution in [0.15, 0.2) is 30.5 Å². The summed E-state index contributed by atoms with van der Waals surface area (Å²) in [6.07, 6.45) is 1.62. The molecule has 0 saturated heterocycles. The Morgan fingerprint density at radius 2 is 2.14 bits per heavy atom. The number of nitrogen functional groups attached to an aromatic ring is 1. The Hall–Kier alpha value is -1.61. The number of rotatable bonds is 1. The minimum atomic E-state index is -0.0660. The van der Waals surface area contributed by atoms with E-state index in [-0.39, 0.29) is 5.84 Å². The van der Waals surface area contributed by atoms with E-state index in [1.165, 1.54) is 0 Å². The lowest BCUT2D eigenvalue weighted by Crippen LogP contribution is -2.13. The number of fused-ring (bicyclic) bond motifs is 1. The van der Waals surface area contributed by atoms with Gasteiger partial charge < -0.3 is 5.73 Å². The summed E-state index contributed by atoms with van der Waals surface area (Å²) in [5, 5.41) is 9.62. The molecule has 14 heavy (non-hydrogen) atoms. The molecule has 0 fully saturated rings. The first-order chi connectivity index (χ1) is 6.70. The molecular formula is C10H8ClN3. The smallest absolute Gasteiger partial charge is 0.142 e. The average Bonchev–Trinajstić information content (AvgIpc) is 2.17. The van der Waals surface area contributed by atoms with Crippen LogP contribution in [0, 0.1) is 5.41 Å². The highest BCUT2D eigenvalue weighted by Crippen LogP contribution is 2.24. The van der Waals surface area contributed by atoms with Gasteiger partial charge in [0.15, 0.2) is 0 Å². The maximum Gasteiger partial charge on any atom is 0.142 e. The van der Waals surface area contributed by atoms with Gasteiger partial charge in [-0.05, 0) is 17.5 Å². The van der Waals surface area contributed by atoms with Gasteiger partial charge in [0, 0.05) is 11.6 Å². The molecule has 0 amide bonds. The van der Waals surface area contributed by atoms with Gasteiger partial charge in [-0.3, -0.25) is 10.4 Å². The van der Waals surface area contributed by atoms with E-state index in [0.717, 1.165) is 10.8 Å². The first-order valence-electron chi connectivity index (χ1n) is 4.08. The van der Waals surface area contributed by atoms with Crippen molar-refractivity contribution < 1.29 is 0 Å². The molecule has 0 radical (unpaired) electrons. The zero-order chi connectivity index (χ0) is 10.1. The Morgan fingerprint density at radius 3 is 2.86 bits per heavy atom. The third kappa shape index (κ3) is 1.32. The monoisotopic (exact) mass is 205 g/mol. The molecule has 3 N–H and O–H groups in total. The van der Waals surface area contributed by atoms with Gasteiger partial charge in [0.25, 0.3) is 0 Å². The van der Waals surface area contributed by atoms with Gasteiger partial charge in [0.05, 0.1) is 5.02 Å². The minimum absolute atomic E-state index is 0.0660. The molecule has 0 aliphatic rings. The molecule has 0 bridgehead atoms. The molecule has 1 aromatic heterocycles. The summed E-state index contributed by atoms with van der Waals surface area (Å²) >= 11 is 6.01. The van der Waals surface area contributed by atoms with Crippen molar-refractivity contribution in [1.82, 2.24) is 4.98 Å². The summed E-state index contributed by atoms with van der Waals surface area (Å²) in [6.45, 7) is 0. The van der Waals surface area contributed by atoms with E-state index in [4.69, 9.17) is 22.7 Å². The number of halogens is 1. The Balaban J connectivity index is 2.91. The van der Waals surface area contributed by atoms with Crippen molar-refractivity contribution in [3.05, 3.63) is 41.2 Å². The molecule has 1 aromatic carbocycles. The lowest BCUT2D eigenvalue weighted by atomic mass is 10.1. The van der Waals surface area contributed by atoms with Crippen LogP contribution in [0.3, 0.4) is 0 Å². The molecule has 70 valence electrons. The minimum Gasteiger partial charge on any atom is -0.382 e. The van der Waals surface area contributed by atoms with Crippen molar-refractivity contribution >= 4 is 28.2 Å². The Labute approximate surface area is 86.0 Å². The molecule has 1 heterocycles. The fourth-order valence-electron chi connectivity index (χ4n) is 1.39. The number of hydrogen-bond donors (Lipinski definition) is 2. The van der Waals surface area contributed by atoms with Crippen LogP contribution in [0.4, 0.5) is 0 Å². The van der Waals surface area contributed by atoms with Crippen molar-refractivity contribution in [2.45, 2.75) is 0 Å². The van der Waals surface area contributed by atoms with Gasteiger partial charge in [0.2, 0.25) is 0 Å². The molecule has 0 unspecified atom stereocenters. The summed E-state index contributed by atoms with van der Waals surface area (Å²) in [5.74, 6) is -0.0660. The van der Waals surface area contributed by atoms with Crippen LogP contribution in [0.2, 0.25) is 5.02 Å². The van der Waals surface area contributed by atoms with Crippen LogP contribution < -0.4 is 5.73 Å². The van der Waals surface area contributed by atoms with Gasteiger partial charge in [-0.25, -0.2) is 0 Å². The Kier molecular flexibility index (Phi) is 2.09. The predicted molar refractivity (Wildman–Crippen MR) is 57.8 cm³/mol. The topological polar surface area (TPSA) is 62.8 Å². The molecule has 3 nitrogen and oxygen atoms in total. The average molecular weight is 206 g/mol. The summed E-state index contributed by atoms with van der Waals surface area (Å²) in [7, 11) is 0. The van der Waals surface area contributed by atoms with E-state index >= 15 is 0 Å². The maximum absolute atomic E-state index is 7.37. The number of nitrogens with two attached hydrogens (primary N) is 1. The predicted octanol–water partition coefficient (Wildman–Crippen LogP) is 2.17. The lowest BCUT2D eigenvalue weighted by molar-refractivity contribution is 1.28. The summed E-state index contributed by atoms with van der Waals surface area (Å²) in [5.41, 5.74) is 5.85. The highest BCUT2D eigenvalue weighted by Gasteiger charge is 2.07. The lowest BCUT2D eigenvalue weighted by Gasteiger charge is -2.04. The van der Waals surface area contributed by atoms with Gasteiger partial charge in [0.1, 0.15) is 11.5 Å². The van der Waals surface area contributed by atoms with Crippen molar-refractivity contribution in [1.29, 1.82) is 5.41 Å². The SMILES string of the molecule is N=C(N)c1nccc2cccc(Cl)c12. The standard InChI is InChI=1S/C10H8ClN3/c11-7-3-1-2-6-4-5-14-9(8(6)7)10(12)13/h1-5H,(H3,12,13). The summed E-state index contributed by atoms with van der Waals surface area (Å²) < 4.78 is 0. The number of hydrogen-bond acceptors (Lipinski definition) is 2. The first-order valence-corrected chi connectivity index (χ1v) is 4.45. The highest BCUT2D eigenvalue weighted by atomic mass is 35.5. The molecule has 4 heteroatoms. The Bertz CT molecular complexity index is 502. The number of amidine groups is 1. The zero-order valence-corrected chi connectivity index (χ0v) is 8.05. The normalized spacial score (nSPS) is 10.4. The quantitative estimate of drug-likeness (QED) is 0.554. The van der Waals surface area contributed by atoms with Gasteiger partial charge in [-0.2, -0.15) is 0 Å². The van der Waals surface area contributed by atoms with Gasteiger partial charge >= 0.3 is 0 Å². The molecule has 0 atom stereocenters. The molecule has 2 aromatic rings. The van der Waals surface area contributed by atoms with E-state index < -0.39 is 0 Å². The van der Waals surface area contributed by atoms with Crippen LogP contribution in [-0.4, -0.2) is 10.8 Å². The highest BCUT2D eigenvalue weighted by molar-refractivity contribution is 6.36. The van der Waals surface area contributed by atoms with Crippen LogP contribution in [0.25, 0.3) is 10.8 Å². The Morgan fingerprint density at radius 1 is 1.36 bits per heavy atom. The number of aromatic nitrogens is 1. The maximum atomic E-state index is 7.37. The van der Waals surface area contributed by atoms with E-state index in [1.54, 1.807) is 12.3 Å². The fraction of sp³-hybridized carbons (Fsp3) is 0. The zero-order valence-electron chi connectivity index (χ0n) is 7.29. The number of nitrogens with one attached hydrogen (secondary N) is 1. The van der Waals surface area contributed by atoms with Crippen molar-refractivity contribution in [3.8, 4) is 0 Å². The molecule has 2 rings (SSSR count). The van der Waals surface area contributed by atoms with E-state index in [2.05, 4.69) is 4.98 Å². The summed E-state index contributed by atoms with van der Waals surface area (Å²) in [4.78, 5) is 4.03. The van der Waals surface area contributed by atoms with E-state index in [0.29, 0.717) is 10.7 Å².